The van der Waals surface area contributed by atoms with Crippen molar-refractivity contribution in [2.45, 2.75) is 64.6 Å². The van der Waals surface area contributed by atoms with Crippen molar-refractivity contribution in [3.63, 3.8) is 0 Å². The van der Waals surface area contributed by atoms with E-state index in [4.69, 9.17) is 0 Å². The van der Waals surface area contributed by atoms with Crippen molar-refractivity contribution in [2.75, 3.05) is 0 Å². The summed E-state index contributed by atoms with van der Waals surface area (Å²) < 4.78 is 0. The topological polar surface area (TPSA) is 40.5 Å². The highest BCUT2D eigenvalue weighted by Crippen LogP contribution is 2.23. The zero-order chi connectivity index (χ0) is 11.0. The molecule has 0 aliphatic rings. The largest absolute Gasteiger partial charge is 0.386 e. The summed E-state index contributed by atoms with van der Waals surface area (Å²) in [5, 5.41) is 19.9. The Kier molecular flexibility index (Phi) is 6.61. The highest BCUT2D eigenvalue weighted by molar-refractivity contribution is 5.10. The maximum atomic E-state index is 10.2. The smallest absolute Gasteiger partial charge is 0.143 e. The molecule has 0 spiro atoms. The first-order valence-electron chi connectivity index (χ1n) is 5.49. The van der Waals surface area contributed by atoms with Gasteiger partial charge >= 0.3 is 0 Å². The number of aliphatic hydroxyl groups excluding tert-OH is 1. The molecule has 0 rings (SSSR count). The van der Waals surface area contributed by atoms with E-state index in [1.54, 1.807) is 0 Å². The van der Waals surface area contributed by atoms with E-state index in [1.807, 2.05) is 20.8 Å². The van der Waals surface area contributed by atoms with Gasteiger partial charge in [-0.1, -0.05) is 39.5 Å². The molecule has 2 heteroatoms. The van der Waals surface area contributed by atoms with E-state index in [0.29, 0.717) is 19.3 Å². The molecule has 0 amide bonds. The molecular weight excluding hydrogens is 176 g/mol. The third-order valence-electron chi connectivity index (χ3n) is 2.29. The molecule has 0 aromatic heterocycles. The first-order valence-corrected chi connectivity index (χ1v) is 5.49. The second kappa shape index (κ2) is 6.86. The number of hydrogen-bond acceptors (Lipinski definition) is 2. The third kappa shape index (κ3) is 4.13. The summed E-state index contributed by atoms with van der Waals surface area (Å²) in [4.78, 5) is 0. The van der Waals surface area contributed by atoms with Crippen LogP contribution in [0.2, 0.25) is 0 Å². The van der Waals surface area contributed by atoms with E-state index in [9.17, 15) is 10.2 Å². The Labute approximate surface area is 87.3 Å². The second-order valence-corrected chi connectivity index (χ2v) is 3.68. The highest BCUT2D eigenvalue weighted by atomic mass is 16.3. The Morgan fingerprint density at radius 2 is 1.64 bits per heavy atom. The predicted octanol–water partition coefficient (Wildman–Crippen LogP) is 2.09. The van der Waals surface area contributed by atoms with Crippen molar-refractivity contribution in [1.29, 1.82) is 0 Å². The van der Waals surface area contributed by atoms with Crippen molar-refractivity contribution >= 4 is 0 Å². The first-order chi connectivity index (χ1) is 6.60. The van der Waals surface area contributed by atoms with Crippen molar-refractivity contribution in [2.24, 2.45) is 0 Å². The van der Waals surface area contributed by atoms with Gasteiger partial charge in [0.2, 0.25) is 0 Å². The number of aliphatic hydroxyl groups is 2. The Morgan fingerprint density at radius 3 is 2.00 bits per heavy atom. The van der Waals surface area contributed by atoms with Gasteiger partial charge in [0, 0.05) is 6.42 Å². The Morgan fingerprint density at radius 1 is 1.14 bits per heavy atom. The van der Waals surface area contributed by atoms with Crippen molar-refractivity contribution in [1.82, 2.24) is 0 Å². The fourth-order valence-corrected chi connectivity index (χ4v) is 1.60. The molecule has 1 atom stereocenters. The molecule has 0 radical (unpaired) electrons. The molecule has 1 unspecified atom stereocenters. The Hall–Kier alpha value is -0.520. The fourth-order valence-electron chi connectivity index (χ4n) is 1.60. The van der Waals surface area contributed by atoms with Gasteiger partial charge in [0.05, 0.1) is 0 Å². The highest BCUT2D eigenvalue weighted by Gasteiger charge is 2.32. The van der Waals surface area contributed by atoms with E-state index in [1.165, 1.54) is 0 Å². The minimum Gasteiger partial charge on any atom is -0.386 e. The molecule has 2 nitrogen and oxygen atoms in total. The molecule has 0 aliphatic carbocycles. The normalized spacial score (nSPS) is 13.2. The molecule has 0 fully saturated rings. The summed E-state index contributed by atoms with van der Waals surface area (Å²) in [5.74, 6) is 5.51. The van der Waals surface area contributed by atoms with Gasteiger partial charge in [-0.2, -0.15) is 0 Å². The van der Waals surface area contributed by atoms with Crippen LogP contribution in [0.4, 0.5) is 0 Å². The van der Waals surface area contributed by atoms with Gasteiger partial charge in [-0.25, -0.2) is 0 Å². The van der Waals surface area contributed by atoms with Gasteiger partial charge in [0.15, 0.2) is 0 Å². The summed E-state index contributed by atoms with van der Waals surface area (Å²) in [6.45, 7) is 5.93. The van der Waals surface area contributed by atoms with Crippen LogP contribution in [0.15, 0.2) is 0 Å². The van der Waals surface area contributed by atoms with E-state index >= 15 is 0 Å². The number of hydrogen-bond donors (Lipinski definition) is 2. The maximum absolute atomic E-state index is 10.2. The Bertz CT molecular complexity index is 194. The summed E-state index contributed by atoms with van der Waals surface area (Å²) in [6.07, 6.45) is 2.76. The van der Waals surface area contributed by atoms with Crippen molar-refractivity contribution < 1.29 is 10.2 Å². The third-order valence-corrected chi connectivity index (χ3v) is 2.29. The molecule has 0 aliphatic heterocycles. The van der Waals surface area contributed by atoms with Gasteiger partial charge in [0.1, 0.15) is 11.7 Å². The van der Waals surface area contributed by atoms with E-state index in [-0.39, 0.29) is 0 Å². The van der Waals surface area contributed by atoms with Crippen LogP contribution in [0, 0.1) is 11.8 Å². The van der Waals surface area contributed by atoms with Crippen LogP contribution in [-0.4, -0.2) is 21.9 Å². The van der Waals surface area contributed by atoms with Gasteiger partial charge in [-0.15, -0.1) is 5.92 Å². The molecule has 0 aromatic carbocycles. The van der Waals surface area contributed by atoms with Crippen LogP contribution >= 0.6 is 0 Å². The SMILES string of the molecule is CCC#CC(O)C(O)(CCC)CCC. The van der Waals surface area contributed by atoms with Crippen LogP contribution in [0.3, 0.4) is 0 Å². The molecule has 2 N–H and O–H groups in total. The summed E-state index contributed by atoms with van der Waals surface area (Å²) in [7, 11) is 0. The average molecular weight is 198 g/mol. The second-order valence-electron chi connectivity index (χ2n) is 3.68. The fraction of sp³-hybridized carbons (Fsp3) is 0.833. The average Bonchev–Trinajstić information content (AvgIpc) is 2.15. The van der Waals surface area contributed by atoms with Crippen LogP contribution < -0.4 is 0 Å². The zero-order valence-corrected chi connectivity index (χ0v) is 9.51. The van der Waals surface area contributed by atoms with Crippen molar-refractivity contribution in [3.05, 3.63) is 0 Å². The van der Waals surface area contributed by atoms with Gasteiger partial charge in [0.25, 0.3) is 0 Å². The molecule has 0 bridgehead atoms. The van der Waals surface area contributed by atoms with Crippen LogP contribution in [0.1, 0.15) is 52.9 Å². The van der Waals surface area contributed by atoms with Crippen LogP contribution in [-0.2, 0) is 0 Å². The molecule has 0 saturated heterocycles. The molecular formula is C12H22O2. The monoisotopic (exact) mass is 198 g/mol. The van der Waals surface area contributed by atoms with Crippen LogP contribution in [0.5, 0.6) is 0 Å². The lowest BCUT2D eigenvalue weighted by molar-refractivity contribution is -0.0605. The quantitative estimate of drug-likeness (QED) is 0.664. The zero-order valence-electron chi connectivity index (χ0n) is 9.51. The van der Waals surface area contributed by atoms with Crippen molar-refractivity contribution in [3.8, 4) is 11.8 Å². The molecule has 14 heavy (non-hydrogen) atoms. The predicted molar refractivity (Wildman–Crippen MR) is 58.8 cm³/mol. The lowest BCUT2D eigenvalue weighted by Crippen LogP contribution is -2.41. The molecule has 82 valence electrons. The lowest BCUT2D eigenvalue weighted by Gasteiger charge is -2.29. The standard InChI is InChI=1S/C12H22O2/c1-4-7-8-11(13)12(14,9-5-2)10-6-3/h11,13-14H,4-6,9-10H2,1-3H3. The van der Waals surface area contributed by atoms with E-state index in [0.717, 1.165) is 12.8 Å². The molecule has 0 heterocycles. The van der Waals surface area contributed by atoms with Gasteiger partial charge in [-0.3, -0.25) is 0 Å². The minimum absolute atomic E-state index is 0.612. The van der Waals surface area contributed by atoms with Gasteiger partial charge < -0.3 is 10.2 Å². The van der Waals surface area contributed by atoms with Gasteiger partial charge in [-0.05, 0) is 12.8 Å². The van der Waals surface area contributed by atoms with Crippen LogP contribution in [0.25, 0.3) is 0 Å². The summed E-state index contributed by atoms with van der Waals surface area (Å²) in [5.41, 5.74) is -1.01. The number of rotatable bonds is 5. The first kappa shape index (κ1) is 13.5. The Balaban J connectivity index is 4.45. The molecule has 0 saturated carbocycles. The molecule has 0 aromatic rings. The summed E-state index contributed by atoms with van der Waals surface area (Å²) >= 11 is 0. The minimum atomic E-state index is -1.01. The van der Waals surface area contributed by atoms with E-state index < -0.39 is 11.7 Å². The lowest BCUT2D eigenvalue weighted by atomic mass is 9.87. The van der Waals surface area contributed by atoms with E-state index in [2.05, 4.69) is 11.8 Å². The maximum Gasteiger partial charge on any atom is 0.143 e. The summed E-state index contributed by atoms with van der Waals surface area (Å²) in [6, 6.07) is 0.